The van der Waals surface area contributed by atoms with Crippen molar-refractivity contribution in [2.75, 3.05) is 18.0 Å². The van der Waals surface area contributed by atoms with E-state index in [0.29, 0.717) is 24.5 Å². The van der Waals surface area contributed by atoms with Crippen molar-refractivity contribution in [2.45, 2.75) is 64.6 Å². The van der Waals surface area contributed by atoms with Crippen LogP contribution in [0.3, 0.4) is 0 Å². The Labute approximate surface area is 275 Å². The Kier molecular flexibility index (Phi) is 9.97. The first-order chi connectivity index (χ1) is 21.9. The lowest BCUT2D eigenvalue weighted by Gasteiger charge is -2.43. The number of benzene rings is 3. The normalized spacial score (nSPS) is 17.9. The third-order valence-electron chi connectivity index (χ3n) is 8.42. The Morgan fingerprint density at radius 1 is 1.02 bits per heavy atom. The molecule has 0 radical (unpaired) electrons. The van der Waals surface area contributed by atoms with E-state index in [-0.39, 0.29) is 45.7 Å². The van der Waals surface area contributed by atoms with Gasteiger partial charge in [0.2, 0.25) is 0 Å². The van der Waals surface area contributed by atoms with Gasteiger partial charge in [0, 0.05) is 13.1 Å². The summed E-state index contributed by atoms with van der Waals surface area (Å²) in [7, 11) is -3.05. The summed E-state index contributed by atoms with van der Waals surface area (Å²) in [6.07, 6.45) is -1.96. The van der Waals surface area contributed by atoms with Crippen LogP contribution in [0.1, 0.15) is 63.2 Å². The zero-order valence-electron chi connectivity index (χ0n) is 26.6. The first-order valence-corrected chi connectivity index (χ1v) is 17.6. The molecule has 3 aromatic carbocycles. The molecule has 240 valence electrons. The smallest absolute Gasteiger partial charge is 0.261 e. The van der Waals surface area contributed by atoms with Crippen LogP contribution in [-0.2, 0) is 15.8 Å². The highest BCUT2D eigenvalue weighted by molar-refractivity contribution is 6.99. The highest BCUT2D eigenvalue weighted by Gasteiger charge is 2.50. The molecule has 0 amide bonds. The van der Waals surface area contributed by atoms with Gasteiger partial charge in [0.25, 0.3) is 8.32 Å². The second kappa shape index (κ2) is 13.6. The lowest BCUT2D eigenvalue weighted by Crippen LogP contribution is -2.66. The SMILES string of the molecule is C[C@@H]1CN(c2c(CO[Si](c3ccccc3)(c3ccccc3)C(C)(C)C)nc(C(O)c3ccc(C#N)c(F)c3)c(F)c2Cl)C[C@H](C)O1. The van der Waals surface area contributed by atoms with E-state index in [0.717, 1.165) is 16.4 Å². The van der Waals surface area contributed by atoms with E-state index >= 15 is 4.39 Å². The van der Waals surface area contributed by atoms with Crippen molar-refractivity contribution in [3.05, 3.63) is 118 Å². The fourth-order valence-electron chi connectivity index (χ4n) is 6.44. The molecule has 1 saturated heterocycles. The van der Waals surface area contributed by atoms with Crippen LogP contribution in [0.15, 0.2) is 78.9 Å². The third-order valence-corrected chi connectivity index (χ3v) is 13.7. The summed E-state index contributed by atoms with van der Waals surface area (Å²) >= 11 is 6.85. The summed E-state index contributed by atoms with van der Waals surface area (Å²) in [4.78, 5) is 6.65. The first kappa shape index (κ1) is 33.7. The minimum absolute atomic E-state index is 0.0375. The number of morpholine rings is 1. The second-order valence-electron chi connectivity index (χ2n) is 12.8. The minimum Gasteiger partial charge on any atom is -0.401 e. The van der Waals surface area contributed by atoms with Gasteiger partial charge in [-0.15, -0.1) is 0 Å². The maximum absolute atomic E-state index is 16.2. The quantitative estimate of drug-likeness (QED) is 0.213. The van der Waals surface area contributed by atoms with Gasteiger partial charge in [0.1, 0.15) is 28.7 Å². The van der Waals surface area contributed by atoms with Crippen molar-refractivity contribution in [1.82, 2.24) is 4.98 Å². The highest BCUT2D eigenvalue weighted by atomic mass is 35.5. The van der Waals surface area contributed by atoms with E-state index < -0.39 is 26.1 Å². The van der Waals surface area contributed by atoms with Crippen LogP contribution >= 0.6 is 11.6 Å². The molecule has 10 heteroatoms. The van der Waals surface area contributed by atoms with Crippen molar-refractivity contribution in [1.29, 1.82) is 5.26 Å². The number of nitrogens with zero attached hydrogens (tertiary/aromatic N) is 3. The minimum atomic E-state index is -3.05. The summed E-state index contributed by atoms with van der Waals surface area (Å²) in [6.45, 7) is 11.2. The average Bonchev–Trinajstić information content (AvgIpc) is 3.02. The van der Waals surface area contributed by atoms with Crippen molar-refractivity contribution < 1.29 is 23.1 Å². The van der Waals surface area contributed by atoms with E-state index in [1.807, 2.05) is 55.1 Å². The van der Waals surface area contributed by atoms with Gasteiger partial charge in [-0.1, -0.05) is 99.1 Å². The van der Waals surface area contributed by atoms with Gasteiger partial charge in [0.05, 0.1) is 35.8 Å². The molecular weight excluding hydrogens is 624 g/mol. The number of hydrogen-bond acceptors (Lipinski definition) is 6. The van der Waals surface area contributed by atoms with Crippen LogP contribution in [-0.4, -0.2) is 43.7 Å². The maximum Gasteiger partial charge on any atom is 0.261 e. The number of hydrogen-bond donors (Lipinski definition) is 1. The van der Waals surface area contributed by atoms with Gasteiger partial charge in [0.15, 0.2) is 5.82 Å². The lowest BCUT2D eigenvalue weighted by atomic mass is 10.0. The molecule has 2 heterocycles. The standard InChI is InChI=1S/C36H38ClF2N3O3Si/c1-23-20-42(21-24(2)45-23)34-30(41-33(32(39)31(34)37)35(43)25-16-17-26(19-40)29(38)18-25)22-44-46(36(3,4)5,27-12-8-6-9-13-27)28-14-10-7-11-15-28/h6-18,23-24,35,43H,20-22H2,1-5H3/t23-,24+,35?. The van der Waals surface area contributed by atoms with Gasteiger partial charge in [-0.05, 0) is 47.0 Å². The molecule has 1 fully saturated rings. The Morgan fingerprint density at radius 3 is 2.09 bits per heavy atom. The molecule has 0 spiro atoms. The number of aliphatic hydroxyl groups excluding tert-OH is 1. The Bertz CT molecular complexity index is 1680. The molecule has 0 saturated carbocycles. The molecule has 1 N–H and O–H groups in total. The van der Waals surface area contributed by atoms with Crippen molar-refractivity contribution >= 4 is 36.0 Å². The van der Waals surface area contributed by atoms with E-state index in [1.54, 1.807) is 6.07 Å². The van der Waals surface area contributed by atoms with Crippen molar-refractivity contribution in [3.63, 3.8) is 0 Å². The third kappa shape index (κ3) is 6.46. The zero-order chi connectivity index (χ0) is 33.2. The van der Waals surface area contributed by atoms with Crippen LogP contribution in [0, 0.1) is 23.0 Å². The first-order valence-electron chi connectivity index (χ1n) is 15.3. The van der Waals surface area contributed by atoms with Crippen LogP contribution in [0.5, 0.6) is 0 Å². The van der Waals surface area contributed by atoms with Crippen LogP contribution < -0.4 is 15.3 Å². The van der Waals surface area contributed by atoms with Crippen LogP contribution in [0.25, 0.3) is 0 Å². The van der Waals surface area contributed by atoms with Crippen molar-refractivity contribution in [2.24, 2.45) is 0 Å². The molecule has 46 heavy (non-hydrogen) atoms. The number of rotatable bonds is 8. The van der Waals surface area contributed by atoms with Gasteiger partial charge in [-0.25, -0.2) is 13.8 Å². The average molecular weight is 662 g/mol. The molecule has 4 aromatic rings. The summed E-state index contributed by atoms with van der Waals surface area (Å²) < 4.78 is 43.9. The topological polar surface area (TPSA) is 78.6 Å². The summed E-state index contributed by atoms with van der Waals surface area (Å²) in [5.41, 5.74) is 0.227. The predicted octanol–water partition coefficient (Wildman–Crippen LogP) is 6.66. The molecule has 1 aliphatic heterocycles. The van der Waals surface area contributed by atoms with Gasteiger partial charge < -0.3 is 19.2 Å². The van der Waals surface area contributed by atoms with Gasteiger partial charge in [-0.2, -0.15) is 5.26 Å². The molecule has 3 atom stereocenters. The van der Waals surface area contributed by atoms with E-state index in [4.69, 9.17) is 31.0 Å². The van der Waals surface area contributed by atoms with Crippen LogP contribution in [0.4, 0.5) is 14.5 Å². The predicted molar refractivity (Wildman–Crippen MR) is 179 cm³/mol. The molecule has 1 unspecified atom stereocenters. The van der Waals surface area contributed by atoms with E-state index in [2.05, 4.69) is 45.0 Å². The number of ether oxygens (including phenoxy) is 1. The van der Waals surface area contributed by atoms with E-state index in [1.165, 1.54) is 12.1 Å². The maximum atomic E-state index is 16.2. The molecule has 5 rings (SSSR count). The summed E-state index contributed by atoms with van der Waals surface area (Å²) in [5, 5.41) is 22.1. The second-order valence-corrected chi connectivity index (χ2v) is 17.5. The molecule has 1 aliphatic rings. The number of nitriles is 1. The molecule has 0 aliphatic carbocycles. The number of aliphatic hydroxyl groups is 1. The van der Waals surface area contributed by atoms with Crippen molar-refractivity contribution in [3.8, 4) is 6.07 Å². The molecule has 1 aromatic heterocycles. The van der Waals surface area contributed by atoms with E-state index in [9.17, 15) is 9.50 Å². The Morgan fingerprint density at radius 2 is 1.59 bits per heavy atom. The number of pyridine rings is 1. The number of halogens is 3. The highest BCUT2D eigenvalue weighted by Crippen LogP contribution is 2.41. The molecule has 6 nitrogen and oxygen atoms in total. The Hall–Kier alpha value is -3.65. The largest absolute Gasteiger partial charge is 0.401 e. The van der Waals surface area contributed by atoms with Crippen LogP contribution in [0.2, 0.25) is 10.1 Å². The fraction of sp³-hybridized carbons (Fsp3) is 0.333. The van der Waals surface area contributed by atoms with Gasteiger partial charge in [-0.3, -0.25) is 0 Å². The molecular formula is C36H38ClF2N3O3Si. The summed E-state index contributed by atoms with van der Waals surface area (Å²) in [5.74, 6) is -1.73. The molecule has 0 bridgehead atoms. The lowest BCUT2D eigenvalue weighted by molar-refractivity contribution is -0.00536. The monoisotopic (exact) mass is 661 g/mol. The summed E-state index contributed by atoms with van der Waals surface area (Å²) in [6, 6.07) is 25.6. The van der Waals surface area contributed by atoms with Gasteiger partial charge >= 0.3 is 0 Å². The fourth-order valence-corrected chi connectivity index (χ4v) is 11.3. The Balaban J connectivity index is 1.68. The number of anilines is 1. The zero-order valence-corrected chi connectivity index (χ0v) is 28.4. The number of aromatic nitrogens is 1.